The molecule has 0 aromatic heterocycles. The molecule has 4 amide bonds. The molecular formula is C24H34F3N5O4. The van der Waals surface area contributed by atoms with Gasteiger partial charge in [0.1, 0.15) is 12.1 Å². The number of rotatable bonds is 7. The minimum Gasteiger partial charge on any atom is -0.356 e. The average Bonchev–Trinajstić information content (AvgIpc) is 3.06. The number of amides is 4. The van der Waals surface area contributed by atoms with Gasteiger partial charge in [-0.15, -0.1) is 0 Å². The Morgan fingerprint density at radius 3 is 2.36 bits per heavy atom. The van der Waals surface area contributed by atoms with Crippen LogP contribution < -0.4 is 16.0 Å². The number of likely N-dealkylation sites (tertiary alicyclic amines) is 1. The first kappa shape index (κ1) is 27.7. The molecule has 2 aliphatic heterocycles. The van der Waals surface area contributed by atoms with Gasteiger partial charge in [0.15, 0.2) is 0 Å². The standard InChI is InChI=1S/C24H34F3N5O4/c1-22(2,3)18(31-21(36)24(25,26)27)20(35)32-11-14-17(23(14,4)5)15(32)9-16(33)30-13(10-28)8-12-6-7-29-19(12)34/h12-15,17-18H,6-9,11H2,1-5H3,(H,29,34)(H,30,33)(H,31,36)/t12-,13+,14-,15+,17-,18+/m0/s1. The predicted octanol–water partition coefficient (Wildman–Crippen LogP) is 1.49. The third-order valence-electron chi connectivity index (χ3n) is 7.84. The quantitative estimate of drug-likeness (QED) is 0.475. The first-order valence-electron chi connectivity index (χ1n) is 12.1. The van der Waals surface area contributed by atoms with Crippen LogP contribution in [0, 0.1) is 39.9 Å². The number of fused-ring (bicyclic) bond motifs is 1. The molecule has 3 rings (SSSR count). The number of hydrogen-bond donors (Lipinski definition) is 3. The second-order valence-corrected chi connectivity index (χ2v) is 11.7. The summed E-state index contributed by atoms with van der Waals surface area (Å²) in [5.41, 5.74) is -1.16. The van der Waals surface area contributed by atoms with Gasteiger partial charge in [-0.1, -0.05) is 34.6 Å². The maximum absolute atomic E-state index is 13.5. The number of piperidine rings is 1. The molecule has 1 saturated carbocycles. The molecule has 6 atom stereocenters. The molecule has 36 heavy (non-hydrogen) atoms. The van der Waals surface area contributed by atoms with E-state index in [1.54, 1.807) is 20.8 Å². The van der Waals surface area contributed by atoms with Crippen LogP contribution >= 0.6 is 0 Å². The molecule has 3 N–H and O–H groups in total. The second-order valence-electron chi connectivity index (χ2n) is 11.7. The Morgan fingerprint density at radius 1 is 1.22 bits per heavy atom. The van der Waals surface area contributed by atoms with E-state index in [0.29, 0.717) is 13.0 Å². The van der Waals surface area contributed by atoms with Crippen LogP contribution in [0.4, 0.5) is 13.2 Å². The number of nitrogens with zero attached hydrogens (tertiary/aromatic N) is 2. The van der Waals surface area contributed by atoms with Gasteiger partial charge in [0.25, 0.3) is 0 Å². The van der Waals surface area contributed by atoms with Crippen LogP contribution in [0.5, 0.6) is 0 Å². The summed E-state index contributed by atoms with van der Waals surface area (Å²) in [6.07, 6.45) is -4.52. The molecule has 0 unspecified atom stereocenters. The Morgan fingerprint density at radius 2 is 1.86 bits per heavy atom. The Hall–Kier alpha value is -2.84. The topological polar surface area (TPSA) is 131 Å². The molecule has 9 nitrogen and oxygen atoms in total. The molecule has 2 saturated heterocycles. The molecule has 1 aliphatic carbocycles. The zero-order valence-corrected chi connectivity index (χ0v) is 21.2. The number of hydrogen-bond acceptors (Lipinski definition) is 5. The predicted molar refractivity (Wildman–Crippen MR) is 122 cm³/mol. The second kappa shape index (κ2) is 9.56. The van der Waals surface area contributed by atoms with Crippen molar-refractivity contribution in [3.05, 3.63) is 0 Å². The van der Waals surface area contributed by atoms with Crippen LogP contribution in [-0.2, 0) is 19.2 Å². The molecule has 0 aromatic carbocycles. The molecular weight excluding hydrogens is 479 g/mol. The number of alkyl halides is 3. The third-order valence-corrected chi connectivity index (χ3v) is 7.84. The van der Waals surface area contributed by atoms with E-state index in [9.17, 15) is 37.6 Å². The van der Waals surface area contributed by atoms with Crippen LogP contribution in [0.3, 0.4) is 0 Å². The van der Waals surface area contributed by atoms with E-state index in [1.165, 1.54) is 4.90 Å². The summed E-state index contributed by atoms with van der Waals surface area (Å²) >= 11 is 0. The summed E-state index contributed by atoms with van der Waals surface area (Å²) in [7, 11) is 0. The van der Waals surface area contributed by atoms with E-state index in [-0.39, 0.29) is 48.5 Å². The average molecular weight is 514 g/mol. The van der Waals surface area contributed by atoms with Crippen molar-refractivity contribution in [1.29, 1.82) is 5.26 Å². The monoisotopic (exact) mass is 513 g/mol. The first-order valence-corrected chi connectivity index (χ1v) is 12.1. The van der Waals surface area contributed by atoms with E-state index in [1.807, 2.05) is 25.2 Å². The summed E-state index contributed by atoms with van der Waals surface area (Å²) < 4.78 is 38.8. The molecule has 0 spiro atoms. The smallest absolute Gasteiger partial charge is 0.356 e. The Bertz CT molecular complexity index is 968. The molecule has 0 bridgehead atoms. The van der Waals surface area contributed by atoms with E-state index in [4.69, 9.17) is 0 Å². The summed E-state index contributed by atoms with van der Waals surface area (Å²) in [6.45, 7) is 9.50. The zero-order chi connectivity index (χ0) is 27.2. The Balaban J connectivity index is 1.74. The Kier molecular flexibility index (Phi) is 7.37. The van der Waals surface area contributed by atoms with Crippen molar-refractivity contribution in [1.82, 2.24) is 20.9 Å². The van der Waals surface area contributed by atoms with E-state index in [0.717, 1.165) is 0 Å². The molecule has 200 valence electrons. The lowest BCUT2D eigenvalue weighted by Gasteiger charge is -2.38. The minimum absolute atomic E-state index is 0.0349. The van der Waals surface area contributed by atoms with Crippen molar-refractivity contribution in [2.45, 2.75) is 78.2 Å². The van der Waals surface area contributed by atoms with Gasteiger partial charge >= 0.3 is 12.1 Å². The highest BCUT2D eigenvalue weighted by molar-refractivity contribution is 5.91. The number of nitrogens with one attached hydrogen (secondary N) is 3. The summed E-state index contributed by atoms with van der Waals surface area (Å²) in [4.78, 5) is 51.3. The fourth-order valence-corrected chi connectivity index (χ4v) is 5.70. The fourth-order valence-electron chi connectivity index (χ4n) is 5.70. The molecule has 2 heterocycles. The van der Waals surface area contributed by atoms with E-state index < -0.39 is 47.4 Å². The zero-order valence-electron chi connectivity index (χ0n) is 21.2. The third kappa shape index (κ3) is 5.60. The highest BCUT2D eigenvalue weighted by Gasteiger charge is 2.68. The molecule has 0 radical (unpaired) electrons. The molecule has 3 fully saturated rings. The first-order chi connectivity index (χ1) is 16.5. The highest BCUT2D eigenvalue weighted by Crippen LogP contribution is 2.65. The van der Waals surface area contributed by atoms with Gasteiger partial charge in [-0.25, -0.2) is 0 Å². The van der Waals surface area contributed by atoms with Gasteiger partial charge < -0.3 is 20.9 Å². The number of carbonyl (C=O) groups is 4. The maximum atomic E-state index is 13.5. The van der Waals surface area contributed by atoms with Crippen molar-refractivity contribution >= 4 is 23.6 Å². The maximum Gasteiger partial charge on any atom is 0.471 e. The van der Waals surface area contributed by atoms with Crippen LogP contribution in [0.1, 0.15) is 53.9 Å². The van der Waals surface area contributed by atoms with E-state index in [2.05, 4.69) is 10.6 Å². The summed E-state index contributed by atoms with van der Waals surface area (Å²) in [5, 5.41) is 16.7. The van der Waals surface area contributed by atoms with Gasteiger partial charge in [0.2, 0.25) is 17.7 Å². The van der Waals surface area contributed by atoms with Crippen LogP contribution in [0.2, 0.25) is 0 Å². The van der Waals surface area contributed by atoms with Gasteiger partial charge in [-0.3, -0.25) is 19.2 Å². The van der Waals surface area contributed by atoms with Gasteiger partial charge in [-0.2, -0.15) is 18.4 Å². The van der Waals surface area contributed by atoms with Gasteiger partial charge in [-0.05, 0) is 35.5 Å². The number of nitriles is 1. The number of halogens is 3. The lowest BCUT2D eigenvalue weighted by Crippen LogP contribution is -2.59. The summed E-state index contributed by atoms with van der Waals surface area (Å²) in [6, 6.07) is -0.900. The van der Waals surface area contributed by atoms with Crippen molar-refractivity contribution in [2.75, 3.05) is 13.1 Å². The lowest BCUT2D eigenvalue weighted by atomic mass is 9.85. The molecule has 0 aromatic rings. The highest BCUT2D eigenvalue weighted by atomic mass is 19.4. The van der Waals surface area contributed by atoms with E-state index >= 15 is 0 Å². The minimum atomic E-state index is -5.14. The SMILES string of the molecule is CC(C)(C)[C@H](NC(=O)C(F)(F)F)C(=O)N1C[C@H]2[C@@H]([C@H]1CC(=O)N[C@@H](C#N)C[C@@H]1CCNC1=O)C2(C)C. The van der Waals surface area contributed by atoms with Crippen molar-refractivity contribution in [2.24, 2.45) is 28.6 Å². The Labute approximate surface area is 208 Å². The fraction of sp³-hybridized carbons (Fsp3) is 0.792. The normalized spacial score (nSPS) is 28.4. The van der Waals surface area contributed by atoms with Crippen molar-refractivity contribution in [3.8, 4) is 6.07 Å². The number of carbonyl (C=O) groups excluding carboxylic acids is 4. The largest absolute Gasteiger partial charge is 0.471 e. The van der Waals surface area contributed by atoms with Crippen LogP contribution in [0.15, 0.2) is 0 Å². The van der Waals surface area contributed by atoms with Crippen LogP contribution in [-0.4, -0.2) is 65.9 Å². The molecule has 12 heteroatoms. The van der Waals surface area contributed by atoms with Gasteiger partial charge in [0, 0.05) is 31.5 Å². The van der Waals surface area contributed by atoms with Crippen LogP contribution in [0.25, 0.3) is 0 Å². The lowest BCUT2D eigenvalue weighted by molar-refractivity contribution is -0.176. The molecule has 3 aliphatic rings. The summed E-state index contributed by atoms with van der Waals surface area (Å²) in [5.74, 6) is -3.81. The van der Waals surface area contributed by atoms with Crippen molar-refractivity contribution in [3.63, 3.8) is 0 Å². The van der Waals surface area contributed by atoms with Gasteiger partial charge in [0.05, 0.1) is 6.07 Å². The van der Waals surface area contributed by atoms with Crippen molar-refractivity contribution < 1.29 is 32.3 Å².